The molecular weight excluding hydrogens is 288 g/mol. The van der Waals surface area contributed by atoms with Crippen LogP contribution in [0.2, 0.25) is 5.02 Å². The Labute approximate surface area is 127 Å². The Morgan fingerprint density at radius 1 is 1.05 bits per heavy atom. The zero-order chi connectivity index (χ0) is 15.2. The van der Waals surface area contributed by atoms with Crippen LogP contribution in [0.4, 0.5) is 5.69 Å². The van der Waals surface area contributed by atoms with E-state index in [4.69, 9.17) is 17.3 Å². The van der Waals surface area contributed by atoms with E-state index in [1.165, 1.54) is 0 Å². The molecule has 0 aromatic heterocycles. The lowest BCUT2D eigenvalue weighted by Gasteiger charge is -2.07. The third kappa shape index (κ3) is 4.33. The third-order valence-corrected chi connectivity index (χ3v) is 3.40. The van der Waals surface area contributed by atoms with E-state index in [1.54, 1.807) is 30.3 Å². The molecular formula is C16H15ClN2O2. The molecule has 0 aliphatic rings. The molecule has 0 radical (unpaired) electrons. The first-order valence-electron chi connectivity index (χ1n) is 6.49. The number of anilines is 1. The lowest BCUT2D eigenvalue weighted by Crippen LogP contribution is -2.13. The Hall–Kier alpha value is -2.33. The molecule has 2 rings (SSSR count). The van der Waals surface area contributed by atoms with Gasteiger partial charge in [0.25, 0.3) is 0 Å². The normalized spacial score (nSPS) is 10.1. The topological polar surface area (TPSA) is 72.2 Å². The van der Waals surface area contributed by atoms with E-state index in [9.17, 15) is 9.59 Å². The van der Waals surface area contributed by atoms with Crippen molar-refractivity contribution < 1.29 is 9.59 Å². The zero-order valence-corrected chi connectivity index (χ0v) is 12.1. The number of hydrogen-bond acceptors (Lipinski definition) is 2. The first-order valence-corrected chi connectivity index (χ1v) is 6.87. The molecule has 4 nitrogen and oxygen atoms in total. The largest absolute Gasteiger partial charge is 0.366 e. The minimum atomic E-state index is -0.494. The fourth-order valence-electron chi connectivity index (χ4n) is 1.89. The second-order valence-electron chi connectivity index (χ2n) is 4.58. The van der Waals surface area contributed by atoms with Gasteiger partial charge in [0.05, 0.1) is 0 Å². The molecule has 0 aliphatic heterocycles. The van der Waals surface area contributed by atoms with Crippen molar-refractivity contribution in [1.82, 2.24) is 0 Å². The molecule has 0 unspecified atom stereocenters. The third-order valence-electron chi connectivity index (χ3n) is 3.03. The molecule has 2 aromatic rings. The van der Waals surface area contributed by atoms with Gasteiger partial charge in [-0.1, -0.05) is 29.8 Å². The van der Waals surface area contributed by atoms with Gasteiger partial charge in [0.2, 0.25) is 11.8 Å². The number of hydrogen-bond donors (Lipinski definition) is 2. The number of benzene rings is 2. The highest BCUT2D eigenvalue weighted by Gasteiger charge is 2.06. The predicted octanol–water partition coefficient (Wildman–Crippen LogP) is 3.01. The van der Waals surface area contributed by atoms with Crippen LogP contribution >= 0.6 is 11.6 Å². The van der Waals surface area contributed by atoms with E-state index in [2.05, 4.69) is 5.32 Å². The minimum absolute atomic E-state index is 0.109. The van der Waals surface area contributed by atoms with Crippen LogP contribution in [0.3, 0.4) is 0 Å². The zero-order valence-electron chi connectivity index (χ0n) is 11.3. The first-order chi connectivity index (χ1) is 10.1. The smallest absolute Gasteiger partial charge is 0.248 e. The van der Waals surface area contributed by atoms with Gasteiger partial charge in [-0.2, -0.15) is 0 Å². The van der Waals surface area contributed by atoms with Gasteiger partial charge < -0.3 is 11.1 Å². The number of aryl methyl sites for hydroxylation is 1. The Balaban J connectivity index is 1.90. The highest BCUT2D eigenvalue weighted by Crippen LogP contribution is 2.17. The second-order valence-corrected chi connectivity index (χ2v) is 4.99. The lowest BCUT2D eigenvalue weighted by molar-refractivity contribution is -0.116. The molecule has 0 atom stereocenters. The van der Waals surface area contributed by atoms with Crippen LogP contribution in [0.5, 0.6) is 0 Å². The molecule has 0 spiro atoms. The summed E-state index contributed by atoms with van der Waals surface area (Å²) in [5.41, 5.74) is 7.13. The van der Waals surface area contributed by atoms with Crippen molar-refractivity contribution in [3.8, 4) is 0 Å². The maximum Gasteiger partial charge on any atom is 0.248 e. The van der Waals surface area contributed by atoms with Crippen molar-refractivity contribution in [1.29, 1.82) is 0 Å². The molecule has 0 aliphatic carbocycles. The van der Waals surface area contributed by atoms with Crippen molar-refractivity contribution in [2.45, 2.75) is 12.8 Å². The summed E-state index contributed by atoms with van der Waals surface area (Å²) in [6, 6.07) is 13.9. The maximum atomic E-state index is 11.9. The summed E-state index contributed by atoms with van der Waals surface area (Å²) in [6.07, 6.45) is 0.909. The van der Waals surface area contributed by atoms with Crippen LogP contribution < -0.4 is 11.1 Å². The SMILES string of the molecule is NC(=O)c1ccc(NC(=O)CCc2ccccc2Cl)cc1. The van der Waals surface area contributed by atoms with Crippen LogP contribution in [-0.2, 0) is 11.2 Å². The standard InChI is InChI=1S/C16H15ClN2O2/c17-14-4-2-1-3-11(14)7-10-15(20)19-13-8-5-12(6-9-13)16(18)21/h1-6,8-9H,7,10H2,(H2,18,21)(H,19,20). The van der Waals surface area contributed by atoms with Gasteiger partial charge >= 0.3 is 0 Å². The predicted molar refractivity (Wildman–Crippen MR) is 83.4 cm³/mol. The van der Waals surface area contributed by atoms with Crippen molar-refractivity contribution in [3.63, 3.8) is 0 Å². The van der Waals surface area contributed by atoms with Gasteiger partial charge in [-0.15, -0.1) is 0 Å². The number of primary amides is 1. The molecule has 0 heterocycles. The summed E-state index contributed by atoms with van der Waals surface area (Å²) in [4.78, 5) is 22.8. The van der Waals surface area contributed by atoms with E-state index >= 15 is 0 Å². The Kier molecular flexibility index (Phi) is 4.95. The maximum absolute atomic E-state index is 11.9. The average Bonchev–Trinajstić information content (AvgIpc) is 2.47. The van der Waals surface area contributed by atoms with Crippen molar-refractivity contribution in [2.24, 2.45) is 5.73 Å². The van der Waals surface area contributed by atoms with E-state index in [0.717, 1.165) is 5.56 Å². The number of amides is 2. The van der Waals surface area contributed by atoms with Crippen LogP contribution in [0.15, 0.2) is 48.5 Å². The van der Waals surface area contributed by atoms with Crippen molar-refractivity contribution >= 4 is 29.1 Å². The van der Waals surface area contributed by atoms with Gasteiger partial charge in [-0.25, -0.2) is 0 Å². The fraction of sp³-hybridized carbons (Fsp3) is 0.125. The molecule has 3 N–H and O–H groups in total. The molecule has 2 amide bonds. The fourth-order valence-corrected chi connectivity index (χ4v) is 2.12. The van der Waals surface area contributed by atoms with Gasteiger partial charge in [0.1, 0.15) is 0 Å². The van der Waals surface area contributed by atoms with E-state index in [-0.39, 0.29) is 5.91 Å². The second kappa shape index (κ2) is 6.90. The van der Waals surface area contributed by atoms with E-state index in [0.29, 0.717) is 29.1 Å². The Morgan fingerprint density at radius 3 is 2.33 bits per heavy atom. The summed E-state index contributed by atoms with van der Waals surface area (Å²) in [6.45, 7) is 0. The van der Waals surface area contributed by atoms with Gasteiger partial charge in [0.15, 0.2) is 0 Å². The monoisotopic (exact) mass is 302 g/mol. The average molecular weight is 303 g/mol. The van der Waals surface area contributed by atoms with Crippen LogP contribution in [0.25, 0.3) is 0 Å². The molecule has 0 saturated heterocycles. The molecule has 0 saturated carbocycles. The molecule has 2 aromatic carbocycles. The number of carbonyl (C=O) groups excluding carboxylic acids is 2. The molecule has 21 heavy (non-hydrogen) atoms. The summed E-state index contributed by atoms with van der Waals surface area (Å²) < 4.78 is 0. The molecule has 5 heteroatoms. The minimum Gasteiger partial charge on any atom is -0.366 e. The number of halogens is 1. The number of carbonyl (C=O) groups is 2. The lowest BCUT2D eigenvalue weighted by atomic mass is 10.1. The summed E-state index contributed by atoms with van der Waals surface area (Å²) >= 11 is 6.04. The summed E-state index contributed by atoms with van der Waals surface area (Å²) in [5.74, 6) is -0.603. The van der Waals surface area contributed by atoms with Crippen LogP contribution in [-0.4, -0.2) is 11.8 Å². The first kappa shape index (κ1) is 15.1. The summed E-state index contributed by atoms with van der Waals surface area (Å²) in [7, 11) is 0. The number of nitrogens with two attached hydrogens (primary N) is 1. The number of nitrogens with one attached hydrogen (secondary N) is 1. The highest BCUT2D eigenvalue weighted by atomic mass is 35.5. The van der Waals surface area contributed by atoms with E-state index < -0.39 is 5.91 Å². The van der Waals surface area contributed by atoms with Crippen LogP contribution in [0, 0.1) is 0 Å². The molecule has 0 bridgehead atoms. The Bertz CT molecular complexity index is 654. The van der Waals surface area contributed by atoms with Crippen molar-refractivity contribution in [3.05, 3.63) is 64.7 Å². The molecule has 108 valence electrons. The highest BCUT2D eigenvalue weighted by molar-refractivity contribution is 6.31. The number of rotatable bonds is 5. The summed E-state index contributed by atoms with van der Waals surface area (Å²) in [5, 5.41) is 3.43. The molecule has 0 fully saturated rings. The Morgan fingerprint density at radius 2 is 1.71 bits per heavy atom. The van der Waals surface area contributed by atoms with Crippen molar-refractivity contribution in [2.75, 3.05) is 5.32 Å². The van der Waals surface area contributed by atoms with Crippen LogP contribution in [0.1, 0.15) is 22.3 Å². The van der Waals surface area contributed by atoms with Gasteiger partial charge in [-0.3, -0.25) is 9.59 Å². The quantitative estimate of drug-likeness (QED) is 0.891. The van der Waals surface area contributed by atoms with Gasteiger partial charge in [-0.05, 0) is 42.3 Å². The van der Waals surface area contributed by atoms with Gasteiger partial charge in [0, 0.05) is 22.7 Å². The van der Waals surface area contributed by atoms with E-state index in [1.807, 2.05) is 18.2 Å².